The van der Waals surface area contributed by atoms with Crippen molar-refractivity contribution in [1.29, 1.82) is 0 Å². The maximum Gasteiger partial charge on any atom is 0.157 e. The van der Waals surface area contributed by atoms with Crippen molar-refractivity contribution in [2.45, 2.75) is 96.6 Å². The Morgan fingerprint density at radius 3 is 1.16 bits per heavy atom. The highest BCUT2D eigenvalue weighted by Gasteiger charge is 2.08. The van der Waals surface area contributed by atoms with Crippen LogP contribution in [0, 0.1) is 0 Å². The minimum Gasteiger partial charge on any atom is -0.353 e. The topological polar surface area (TPSA) is 36.9 Å². The van der Waals surface area contributed by atoms with Gasteiger partial charge in [0.2, 0.25) is 0 Å². The Morgan fingerprint density at radius 2 is 0.840 bits per heavy atom. The molecule has 0 saturated heterocycles. The molecular formula is C19H44O4Si2. The molecule has 0 atom stereocenters. The highest BCUT2D eigenvalue weighted by molar-refractivity contribution is 6.37. The van der Waals surface area contributed by atoms with Crippen LogP contribution in [0.25, 0.3) is 0 Å². The highest BCUT2D eigenvalue weighted by Crippen LogP contribution is 2.10. The quantitative estimate of drug-likeness (QED) is 0.180. The number of rotatable bonds is 20. The Morgan fingerprint density at radius 1 is 0.520 bits per heavy atom. The molecule has 0 N–H and O–H groups in total. The van der Waals surface area contributed by atoms with E-state index in [-0.39, 0.29) is 31.6 Å². The Labute approximate surface area is 161 Å². The van der Waals surface area contributed by atoms with Gasteiger partial charge in [-0.2, -0.15) is 0 Å². The van der Waals surface area contributed by atoms with E-state index < -0.39 is 0 Å². The van der Waals surface area contributed by atoms with Crippen molar-refractivity contribution in [2.24, 2.45) is 0 Å². The van der Waals surface area contributed by atoms with Gasteiger partial charge < -0.3 is 18.9 Å². The van der Waals surface area contributed by atoms with Crippen molar-refractivity contribution in [2.75, 3.05) is 26.4 Å². The summed E-state index contributed by atoms with van der Waals surface area (Å²) >= 11 is 0. The predicted octanol–water partition coefficient (Wildman–Crippen LogP) is 3.75. The maximum absolute atomic E-state index is 5.59. The second-order valence-electron chi connectivity index (χ2n) is 6.44. The summed E-state index contributed by atoms with van der Waals surface area (Å²) in [6.45, 7) is 11.2. The Balaban J connectivity index is 3.35. The molecule has 0 saturated carbocycles. The van der Waals surface area contributed by atoms with E-state index in [1.54, 1.807) is 0 Å². The molecule has 0 radical (unpaired) electrons. The van der Waals surface area contributed by atoms with Crippen LogP contribution in [-0.4, -0.2) is 58.0 Å². The van der Waals surface area contributed by atoms with Crippen LogP contribution in [0.5, 0.6) is 0 Å². The molecule has 0 aromatic rings. The van der Waals surface area contributed by atoms with E-state index in [1.165, 1.54) is 43.4 Å². The van der Waals surface area contributed by atoms with E-state index in [9.17, 15) is 0 Å². The van der Waals surface area contributed by atoms with Gasteiger partial charge in [-0.05, 0) is 40.5 Å². The minimum atomic E-state index is 0.0357. The predicted molar refractivity (Wildman–Crippen MR) is 113 cm³/mol. The molecule has 0 aliphatic rings. The zero-order chi connectivity index (χ0) is 18.6. The van der Waals surface area contributed by atoms with Crippen LogP contribution >= 0.6 is 0 Å². The molecule has 0 amide bonds. The van der Waals surface area contributed by atoms with Crippen LogP contribution < -0.4 is 0 Å². The lowest BCUT2D eigenvalue weighted by atomic mass is 10.3. The Hall–Kier alpha value is 0.274. The van der Waals surface area contributed by atoms with Crippen LogP contribution in [0.2, 0.25) is 24.2 Å². The van der Waals surface area contributed by atoms with E-state index in [1.807, 2.05) is 27.7 Å². The van der Waals surface area contributed by atoms with Gasteiger partial charge >= 0.3 is 0 Å². The summed E-state index contributed by atoms with van der Waals surface area (Å²) in [5.41, 5.74) is 0. The fraction of sp³-hybridized carbons (Fsp3) is 1.00. The fourth-order valence-electron chi connectivity index (χ4n) is 3.03. The Kier molecular flexibility index (Phi) is 20.8. The lowest BCUT2D eigenvalue weighted by Crippen LogP contribution is -2.17. The van der Waals surface area contributed by atoms with Crippen molar-refractivity contribution in [3.63, 3.8) is 0 Å². The molecule has 0 fully saturated rings. The van der Waals surface area contributed by atoms with Crippen LogP contribution in [0.3, 0.4) is 0 Å². The molecule has 4 nitrogen and oxygen atoms in total. The van der Waals surface area contributed by atoms with E-state index in [0.29, 0.717) is 0 Å². The Bertz CT molecular complexity index is 222. The molecule has 0 aliphatic carbocycles. The van der Waals surface area contributed by atoms with Gasteiger partial charge in [0.05, 0.1) is 0 Å². The van der Waals surface area contributed by atoms with Gasteiger partial charge in [-0.25, -0.2) is 0 Å². The van der Waals surface area contributed by atoms with Crippen molar-refractivity contribution < 1.29 is 18.9 Å². The van der Waals surface area contributed by atoms with E-state index in [2.05, 4.69) is 0 Å². The molecular weight excluding hydrogens is 348 g/mol. The van der Waals surface area contributed by atoms with Gasteiger partial charge in [-0.1, -0.05) is 43.4 Å². The van der Waals surface area contributed by atoms with Gasteiger partial charge in [-0.15, -0.1) is 0 Å². The van der Waals surface area contributed by atoms with Crippen LogP contribution in [0.1, 0.15) is 59.8 Å². The smallest absolute Gasteiger partial charge is 0.157 e. The fourth-order valence-corrected chi connectivity index (χ4v) is 7.15. The molecule has 152 valence electrons. The molecule has 0 spiro atoms. The third-order valence-electron chi connectivity index (χ3n) is 4.29. The average Bonchev–Trinajstić information content (AvgIpc) is 2.60. The van der Waals surface area contributed by atoms with Gasteiger partial charge in [0.1, 0.15) is 0 Å². The molecule has 0 aliphatic heterocycles. The van der Waals surface area contributed by atoms with Crippen LogP contribution in [0.4, 0.5) is 0 Å². The molecule has 0 aromatic heterocycles. The summed E-state index contributed by atoms with van der Waals surface area (Å²) in [5, 5.41) is 0. The monoisotopic (exact) mass is 392 g/mol. The first-order valence-electron chi connectivity index (χ1n) is 10.7. The van der Waals surface area contributed by atoms with Gasteiger partial charge in [0.15, 0.2) is 12.6 Å². The van der Waals surface area contributed by atoms with Crippen molar-refractivity contribution in [3.8, 4) is 0 Å². The highest BCUT2D eigenvalue weighted by atomic mass is 28.2. The zero-order valence-corrected chi connectivity index (χ0v) is 20.2. The van der Waals surface area contributed by atoms with Gasteiger partial charge in [0, 0.05) is 45.5 Å². The lowest BCUT2D eigenvalue weighted by molar-refractivity contribution is -0.139. The summed E-state index contributed by atoms with van der Waals surface area (Å²) in [7, 11) is 0.291. The normalized spacial score (nSPS) is 12.7. The van der Waals surface area contributed by atoms with E-state index in [4.69, 9.17) is 18.9 Å². The lowest BCUT2D eigenvalue weighted by Gasteiger charge is -2.16. The van der Waals surface area contributed by atoms with Gasteiger partial charge in [0.25, 0.3) is 0 Å². The van der Waals surface area contributed by atoms with E-state index >= 15 is 0 Å². The zero-order valence-electron chi connectivity index (χ0n) is 17.4. The second kappa shape index (κ2) is 20.6. The molecule has 6 heteroatoms. The van der Waals surface area contributed by atoms with Crippen molar-refractivity contribution >= 4 is 19.0 Å². The van der Waals surface area contributed by atoms with E-state index in [0.717, 1.165) is 39.3 Å². The van der Waals surface area contributed by atoms with Crippen molar-refractivity contribution in [3.05, 3.63) is 0 Å². The summed E-state index contributed by atoms with van der Waals surface area (Å²) in [4.78, 5) is 0. The molecule has 0 unspecified atom stereocenters. The van der Waals surface area contributed by atoms with Crippen molar-refractivity contribution in [1.82, 2.24) is 0 Å². The molecule has 0 rings (SSSR count). The summed E-state index contributed by atoms with van der Waals surface area (Å²) in [6.07, 6.45) is 6.27. The standard InChI is InChI=1S/C19H44O4Si2/c1-5-20-18(21-6-2)12-9-14-24-16-11-17-25-15-10-13-19(22-7-3)23-8-4/h18-19H,5-17,24-25H2,1-4H3. The first-order valence-corrected chi connectivity index (χ1v) is 14.7. The third-order valence-corrected chi connectivity index (χ3v) is 8.29. The summed E-state index contributed by atoms with van der Waals surface area (Å²) in [6, 6.07) is 5.95. The largest absolute Gasteiger partial charge is 0.353 e. The first kappa shape index (κ1) is 25.3. The molecule has 25 heavy (non-hydrogen) atoms. The van der Waals surface area contributed by atoms with Crippen LogP contribution in [-0.2, 0) is 18.9 Å². The summed E-state index contributed by atoms with van der Waals surface area (Å²) in [5.74, 6) is 0. The van der Waals surface area contributed by atoms with Crippen LogP contribution in [0.15, 0.2) is 0 Å². The molecule has 0 bridgehead atoms. The number of hydrogen-bond acceptors (Lipinski definition) is 4. The first-order chi connectivity index (χ1) is 12.3. The third kappa shape index (κ3) is 17.4. The second-order valence-corrected chi connectivity index (χ2v) is 10.7. The average molecular weight is 393 g/mol. The molecule has 0 aromatic carbocycles. The SMILES string of the molecule is CCOC(CCC[SiH2]CCC[SiH2]CCCC(OCC)OCC)OCC. The number of hydrogen-bond donors (Lipinski definition) is 0. The number of ether oxygens (including phenoxy) is 4. The van der Waals surface area contributed by atoms with Gasteiger partial charge in [-0.3, -0.25) is 0 Å². The molecule has 0 heterocycles. The maximum atomic E-state index is 5.59. The minimum absolute atomic E-state index is 0.0357. The summed E-state index contributed by atoms with van der Waals surface area (Å²) < 4.78 is 22.4.